The maximum absolute atomic E-state index is 5.26. The number of nitrogens with one attached hydrogen (secondary N) is 1. The molecule has 3 heteroatoms. The summed E-state index contributed by atoms with van der Waals surface area (Å²) < 4.78 is 0. The van der Waals surface area contributed by atoms with Gasteiger partial charge in [-0.2, -0.15) is 0 Å². The molecule has 0 saturated heterocycles. The Morgan fingerprint density at radius 1 is 1.75 bits per heavy atom. The van der Waals surface area contributed by atoms with E-state index in [1.54, 1.807) is 7.05 Å². The predicted molar refractivity (Wildman–Crippen MR) is 36.1 cm³/mol. The van der Waals surface area contributed by atoms with E-state index in [1.807, 2.05) is 7.05 Å². The molecular weight excluding hydrogens is 102 g/mol. The number of nitrogens with two attached hydrogens (primary N) is 1. The number of hydrogen-bond donors (Lipinski definition) is 2. The second kappa shape index (κ2) is 4.59. The third-order valence-electron chi connectivity index (χ3n) is 0.940. The molecule has 0 amide bonds. The van der Waals surface area contributed by atoms with E-state index >= 15 is 0 Å². The van der Waals surface area contributed by atoms with Gasteiger partial charge in [-0.05, 0) is 6.54 Å². The summed E-state index contributed by atoms with van der Waals surface area (Å²) in [6.45, 7) is 0.660. The Hall–Kier alpha value is -0.570. The third kappa shape index (κ3) is 2.58. The van der Waals surface area contributed by atoms with E-state index in [9.17, 15) is 0 Å². The first-order valence-electron chi connectivity index (χ1n) is 2.68. The van der Waals surface area contributed by atoms with Crippen LogP contribution in [0.15, 0.2) is 4.99 Å². The highest BCUT2D eigenvalue weighted by atomic mass is 14.9. The third-order valence-corrected chi connectivity index (χ3v) is 0.940. The van der Waals surface area contributed by atoms with Crippen molar-refractivity contribution < 1.29 is 0 Å². The SMILES string of the molecule is CN=C(CCN)NC. The standard InChI is InChI=1S/C5H13N3/c1-7-5(8-2)3-4-6/h3-4,6H2,1-2H3,(H,7,8). The quantitative estimate of drug-likeness (QED) is 0.379. The van der Waals surface area contributed by atoms with Gasteiger partial charge >= 0.3 is 0 Å². The van der Waals surface area contributed by atoms with Crippen molar-refractivity contribution in [2.45, 2.75) is 6.42 Å². The number of aliphatic imine (C=N–C) groups is 1. The molecule has 0 heterocycles. The molecule has 0 aromatic carbocycles. The molecule has 3 nitrogen and oxygen atoms in total. The summed E-state index contributed by atoms with van der Waals surface area (Å²) in [5.41, 5.74) is 5.26. The summed E-state index contributed by atoms with van der Waals surface area (Å²) in [6, 6.07) is 0. The first-order chi connectivity index (χ1) is 3.85. The Morgan fingerprint density at radius 2 is 2.38 bits per heavy atom. The molecule has 0 atom stereocenters. The van der Waals surface area contributed by atoms with Crippen molar-refractivity contribution in [1.82, 2.24) is 5.32 Å². The van der Waals surface area contributed by atoms with Gasteiger partial charge in [-0.3, -0.25) is 4.99 Å². The van der Waals surface area contributed by atoms with Gasteiger partial charge in [0.1, 0.15) is 0 Å². The number of hydrogen-bond acceptors (Lipinski definition) is 2. The highest BCUT2D eigenvalue weighted by Crippen LogP contribution is 1.75. The van der Waals surface area contributed by atoms with Crippen molar-refractivity contribution in [3.8, 4) is 0 Å². The molecule has 8 heavy (non-hydrogen) atoms. The average Bonchev–Trinajstić information content (AvgIpc) is 1.83. The largest absolute Gasteiger partial charge is 0.377 e. The molecule has 0 aromatic rings. The maximum Gasteiger partial charge on any atom is 0.0969 e. The van der Waals surface area contributed by atoms with E-state index in [0.29, 0.717) is 6.54 Å². The lowest BCUT2D eigenvalue weighted by molar-refractivity contribution is 0.976. The lowest BCUT2D eigenvalue weighted by Gasteiger charge is -1.99. The molecule has 0 aromatic heterocycles. The molecule has 48 valence electrons. The van der Waals surface area contributed by atoms with E-state index in [0.717, 1.165) is 12.3 Å². The van der Waals surface area contributed by atoms with Gasteiger partial charge in [0.2, 0.25) is 0 Å². The van der Waals surface area contributed by atoms with Crippen LogP contribution in [0.3, 0.4) is 0 Å². The molecular formula is C5H13N3. The fourth-order valence-electron chi connectivity index (χ4n) is 0.485. The van der Waals surface area contributed by atoms with Crippen molar-refractivity contribution in [2.75, 3.05) is 20.6 Å². The normalized spacial score (nSPS) is 11.6. The van der Waals surface area contributed by atoms with Crippen LogP contribution in [0, 0.1) is 0 Å². The predicted octanol–water partition coefficient (Wildman–Crippen LogP) is -0.417. The van der Waals surface area contributed by atoms with Crippen LogP contribution in [0.4, 0.5) is 0 Å². The summed E-state index contributed by atoms with van der Waals surface area (Å²) in [5, 5.41) is 2.92. The molecule has 0 aliphatic heterocycles. The highest BCUT2D eigenvalue weighted by Gasteiger charge is 1.87. The van der Waals surface area contributed by atoms with Crippen molar-refractivity contribution in [1.29, 1.82) is 0 Å². The second-order valence-electron chi connectivity index (χ2n) is 1.46. The first-order valence-corrected chi connectivity index (χ1v) is 2.68. The molecule has 0 saturated carbocycles. The minimum Gasteiger partial charge on any atom is -0.377 e. The Balaban J connectivity index is 3.38. The lowest BCUT2D eigenvalue weighted by Crippen LogP contribution is -2.21. The molecule has 0 spiro atoms. The van der Waals surface area contributed by atoms with E-state index in [1.165, 1.54) is 0 Å². The van der Waals surface area contributed by atoms with Crippen molar-refractivity contribution in [3.63, 3.8) is 0 Å². The van der Waals surface area contributed by atoms with Crippen LogP contribution >= 0.6 is 0 Å². The average molecular weight is 115 g/mol. The second-order valence-corrected chi connectivity index (χ2v) is 1.46. The first kappa shape index (κ1) is 7.43. The molecule has 0 bridgehead atoms. The van der Waals surface area contributed by atoms with Crippen LogP contribution in [0.5, 0.6) is 0 Å². The van der Waals surface area contributed by atoms with Crippen LogP contribution in [0.2, 0.25) is 0 Å². The van der Waals surface area contributed by atoms with E-state index < -0.39 is 0 Å². The highest BCUT2D eigenvalue weighted by molar-refractivity contribution is 5.81. The topological polar surface area (TPSA) is 50.4 Å². The molecule has 0 rings (SSSR count). The maximum atomic E-state index is 5.26. The summed E-state index contributed by atoms with van der Waals surface area (Å²) in [7, 11) is 3.60. The van der Waals surface area contributed by atoms with E-state index in [-0.39, 0.29) is 0 Å². The smallest absolute Gasteiger partial charge is 0.0969 e. The Bertz CT molecular complexity index is 77.7. The molecule has 0 unspecified atom stereocenters. The monoisotopic (exact) mass is 115 g/mol. The van der Waals surface area contributed by atoms with Crippen LogP contribution in [0.25, 0.3) is 0 Å². The number of nitrogens with zero attached hydrogens (tertiary/aromatic N) is 1. The van der Waals surface area contributed by atoms with Crippen molar-refractivity contribution in [3.05, 3.63) is 0 Å². The fraction of sp³-hybridized carbons (Fsp3) is 0.800. The molecule has 0 radical (unpaired) electrons. The molecule has 0 aliphatic carbocycles. The van der Waals surface area contributed by atoms with Crippen LogP contribution in [0.1, 0.15) is 6.42 Å². The van der Waals surface area contributed by atoms with Gasteiger partial charge in [0.15, 0.2) is 0 Å². The minimum atomic E-state index is 0.660. The van der Waals surface area contributed by atoms with E-state index in [4.69, 9.17) is 5.73 Å². The van der Waals surface area contributed by atoms with Gasteiger partial charge in [0.05, 0.1) is 5.84 Å². The summed E-state index contributed by atoms with van der Waals surface area (Å²) in [6.07, 6.45) is 0.840. The van der Waals surface area contributed by atoms with Gasteiger partial charge in [-0.15, -0.1) is 0 Å². The number of amidine groups is 1. The zero-order valence-corrected chi connectivity index (χ0v) is 5.44. The minimum absolute atomic E-state index is 0.660. The zero-order chi connectivity index (χ0) is 6.41. The van der Waals surface area contributed by atoms with Gasteiger partial charge in [-0.1, -0.05) is 0 Å². The Morgan fingerprint density at radius 3 is 2.50 bits per heavy atom. The van der Waals surface area contributed by atoms with Crippen LogP contribution in [-0.2, 0) is 0 Å². The molecule has 0 aliphatic rings. The lowest BCUT2D eigenvalue weighted by atomic mass is 10.4. The van der Waals surface area contributed by atoms with Gasteiger partial charge in [-0.25, -0.2) is 0 Å². The fourth-order valence-corrected chi connectivity index (χ4v) is 0.485. The number of rotatable bonds is 2. The van der Waals surface area contributed by atoms with E-state index in [2.05, 4.69) is 10.3 Å². The molecule has 3 N–H and O–H groups in total. The van der Waals surface area contributed by atoms with Gasteiger partial charge in [0, 0.05) is 20.5 Å². The summed E-state index contributed by atoms with van der Waals surface area (Å²) in [4.78, 5) is 3.92. The Labute approximate surface area is 50.0 Å². The van der Waals surface area contributed by atoms with Crippen LogP contribution < -0.4 is 11.1 Å². The zero-order valence-electron chi connectivity index (χ0n) is 5.44. The summed E-state index contributed by atoms with van der Waals surface area (Å²) in [5.74, 6) is 0.965. The Kier molecular flexibility index (Phi) is 4.26. The van der Waals surface area contributed by atoms with Gasteiger partial charge in [0.25, 0.3) is 0 Å². The van der Waals surface area contributed by atoms with Gasteiger partial charge < -0.3 is 11.1 Å². The van der Waals surface area contributed by atoms with Crippen molar-refractivity contribution >= 4 is 5.84 Å². The summed E-state index contributed by atoms with van der Waals surface area (Å²) >= 11 is 0. The molecule has 0 fully saturated rings. The van der Waals surface area contributed by atoms with Crippen LogP contribution in [-0.4, -0.2) is 26.5 Å². The van der Waals surface area contributed by atoms with Crippen molar-refractivity contribution in [2.24, 2.45) is 10.7 Å².